The molecular formula is C17H23N5. The summed E-state index contributed by atoms with van der Waals surface area (Å²) in [6.45, 7) is 8.13. The molecule has 0 bridgehead atoms. The van der Waals surface area contributed by atoms with Crippen LogP contribution in [0, 0.1) is 20.8 Å². The maximum absolute atomic E-state index is 4.71. The molecule has 2 aromatic heterocycles. The van der Waals surface area contributed by atoms with Gasteiger partial charge in [0.05, 0.1) is 0 Å². The number of aryl methyl sites for hydroxylation is 3. The standard InChI is InChI=1S/C17H23N5/c1-11-7-12(2)21-17(20-11)22-15-8-13(3)19-16(9-15)14-5-4-6-18-10-14/h7-9,14,18H,4-6,10H2,1-3H3,(H,19,20,21,22). The quantitative estimate of drug-likeness (QED) is 0.912. The Morgan fingerprint density at radius 1 is 1.00 bits per heavy atom. The van der Waals surface area contributed by atoms with E-state index in [2.05, 4.69) is 26.7 Å². The van der Waals surface area contributed by atoms with Crippen molar-refractivity contribution >= 4 is 11.6 Å². The van der Waals surface area contributed by atoms with Gasteiger partial charge in [0.15, 0.2) is 0 Å². The highest BCUT2D eigenvalue weighted by molar-refractivity contribution is 5.54. The third-order valence-corrected chi connectivity index (χ3v) is 3.93. The fourth-order valence-electron chi connectivity index (χ4n) is 2.99. The van der Waals surface area contributed by atoms with Gasteiger partial charge in [-0.05, 0) is 58.4 Å². The zero-order valence-electron chi connectivity index (χ0n) is 13.5. The van der Waals surface area contributed by atoms with Crippen LogP contribution in [0.3, 0.4) is 0 Å². The molecule has 1 aliphatic heterocycles. The predicted octanol–water partition coefficient (Wildman–Crippen LogP) is 3.01. The number of pyridine rings is 1. The summed E-state index contributed by atoms with van der Waals surface area (Å²) in [5, 5.41) is 6.78. The van der Waals surface area contributed by atoms with Gasteiger partial charge in [0.1, 0.15) is 0 Å². The Labute approximate surface area is 131 Å². The van der Waals surface area contributed by atoms with Crippen molar-refractivity contribution in [1.82, 2.24) is 20.3 Å². The van der Waals surface area contributed by atoms with E-state index in [-0.39, 0.29) is 0 Å². The summed E-state index contributed by atoms with van der Waals surface area (Å²) >= 11 is 0. The number of hydrogen-bond donors (Lipinski definition) is 2. The SMILES string of the molecule is Cc1cc(Nc2nc(C)cc(C)n2)cc(C2CCCNC2)n1. The molecule has 0 spiro atoms. The predicted molar refractivity (Wildman–Crippen MR) is 88.6 cm³/mol. The smallest absolute Gasteiger partial charge is 0.227 e. The summed E-state index contributed by atoms with van der Waals surface area (Å²) in [6, 6.07) is 6.15. The van der Waals surface area contributed by atoms with Crippen molar-refractivity contribution in [3.63, 3.8) is 0 Å². The second kappa shape index (κ2) is 6.40. The van der Waals surface area contributed by atoms with E-state index < -0.39 is 0 Å². The summed E-state index contributed by atoms with van der Waals surface area (Å²) in [4.78, 5) is 13.6. The van der Waals surface area contributed by atoms with Crippen molar-refractivity contribution in [3.8, 4) is 0 Å². The second-order valence-electron chi connectivity index (χ2n) is 6.06. The molecule has 116 valence electrons. The molecule has 0 aromatic carbocycles. The lowest BCUT2D eigenvalue weighted by Gasteiger charge is -2.23. The highest BCUT2D eigenvalue weighted by Crippen LogP contribution is 2.25. The lowest BCUT2D eigenvalue weighted by Crippen LogP contribution is -2.29. The Bertz CT molecular complexity index is 642. The van der Waals surface area contributed by atoms with E-state index in [1.54, 1.807) is 0 Å². The van der Waals surface area contributed by atoms with E-state index >= 15 is 0 Å². The minimum absolute atomic E-state index is 0.495. The molecule has 1 unspecified atom stereocenters. The average Bonchev–Trinajstić information content (AvgIpc) is 2.46. The number of nitrogens with zero attached hydrogens (tertiary/aromatic N) is 3. The Morgan fingerprint density at radius 3 is 2.41 bits per heavy atom. The molecule has 1 aliphatic rings. The molecule has 1 saturated heterocycles. The van der Waals surface area contributed by atoms with Gasteiger partial charge in [-0.1, -0.05) is 0 Å². The van der Waals surface area contributed by atoms with Gasteiger partial charge in [-0.3, -0.25) is 4.98 Å². The second-order valence-corrected chi connectivity index (χ2v) is 6.06. The summed E-state index contributed by atoms with van der Waals surface area (Å²) in [5.74, 6) is 1.14. The Morgan fingerprint density at radius 2 is 1.73 bits per heavy atom. The number of anilines is 2. The minimum atomic E-state index is 0.495. The molecule has 0 amide bonds. The van der Waals surface area contributed by atoms with Crippen LogP contribution in [0.25, 0.3) is 0 Å². The third kappa shape index (κ3) is 3.60. The van der Waals surface area contributed by atoms with Gasteiger partial charge in [-0.2, -0.15) is 0 Å². The van der Waals surface area contributed by atoms with Crippen LogP contribution < -0.4 is 10.6 Å². The summed E-state index contributed by atoms with van der Waals surface area (Å²) in [7, 11) is 0. The Hall–Kier alpha value is -2.01. The van der Waals surface area contributed by atoms with Gasteiger partial charge >= 0.3 is 0 Å². The molecule has 1 atom stereocenters. The van der Waals surface area contributed by atoms with E-state index in [0.717, 1.165) is 41.6 Å². The molecule has 0 aliphatic carbocycles. The highest BCUT2D eigenvalue weighted by atomic mass is 15.1. The molecule has 3 rings (SSSR count). The summed E-state index contributed by atoms with van der Waals surface area (Å²) in [6.07, 6.45) is 2.41. The van der Waals surface area contributed by atoms with E-state index in [9.17, 15) is 0 Å². The van der Waals surface area contributed by atoms with E-state index in [1.807, 2.05) is 32.9 Å². The van der Waals surface area contributed by atoms with Crippen molar-refractivity contribution in [3.05, 3.63) is 41.0 Å². The number of piperidine rings is 1. The molecule has 5 nitrogen and oxygen atoms in total. The first-order chi connectivity index (χ1) is 10.6. The molecule has 0 saturated carbocycles. The first-order valence-corrected chi connectivity index (χ1v) is 7.89. The molecular weight excluding hydrogens is 274 g/mol. The maximum Gasteiger partial charge on any atom is 0.227 e. The van der Waals surface area contributed by atoms with Crippen molar-refractivity contribution in [2.24, 2.45) is 0 Å². The Kier molecular flexibility index (Phi) is 4.34. The van der Waals surface area contributed by atoms with Gasteiger partial charge in [0, 0.05) is 40.9 Å². The van der Waals surface area contributed by atoms with Crippen LogP contribution in [-0.4, -0.2) is 28.0 Å². The first kappa shape index (κ1) is 14.9. The summed E-state index contributed by atoms with van der Waals surface area (Å²) in [5.41, 5.74) is 5.13. The summed E-state index contributed by atoms with van der Waals surface area (Å²) < 4.78 is 0. The highest BCUT2D eigenvalue weighted by Gasteiger charge is 2.17. The van der Waals surface area contributed by atoms with Crippen molar-refractivity contribution in [2.75, 3.05) is 18.4 Å². The maximum atomic E-state index is 4.71. The van der Waals surface area contributed by atoms with Gasteiger partial charge in [0.2, 0.25) is 5.95 Å². The van der Waals surface area contributed by atoms with E-state index in [0.29, 0.717) is 11.9 Å². The number of hydrogen-bond acceptors (Lipinski definition) is 5. The third-order valence-electron chi connectivity index (χ3n) is 3.93. The van der Waals surface area contributed by atoms with Crippen molar-refractivity contribution in [2.45, 2.75) is 39.5 Å². The lowest BCUT2D eigenvalue weighted by molar-refractivity contribution is 0.454. The molecule has 0 radical (unpaired) electrons. The fourth-order valence-corrected chi connectivity index (χ4v) is 2.99. The van der Waals surface area contributed by atoms with Gasteiger partial charge in [0.25, 0.3) is 0 Å². The van der Waals surface area contributed by atoms with Gasteiger partial charge < -0.3 is 10.6 Å². The normalized spacial score (nSPS) is 18.2. The molecule has 2 N–H and O–H groups in total. The van der Waals surface area contributed by atoms with Crippen LogP contribution >= 0.6 is 0 Å². The molecule has 22 heavy (non-hydrogen) atoms. The largest absolute Gasteiger partial charge is 0.324 e. The van der Waals surface area contributed by atoms with Crippen LogP contribution in [0.1, 0.15) is 41.5 Å². The number of nitrogens with one attached hydrogen (secondary N) is 2. The Balaban J connectivity index is 1.85. The molecule has 2 aromatic rings. The number of aromatic nitrogens is 3. The zero-order valence-corrected chi connectivity index (χ0v) is 13.5. The zero-order chi connectivity index (χ0) is 15.5. The van der Waals surface area contributed by atoms with Crippen LogP contribution in [-0.2, 0) is 0 Å². The minimum Gasteiger partial charge on any atom is -0.324 e. The monoisotopic (exact) mass is 297 g/mol. The molecule has 1 fully saturated rings. The van der Waals surface area contributed by atoms with Gasteiger partial charge in [-0.15, -0.1) is 0 Å². The van der Waals surface area contributed by atoms with Crippen LogP contribution in [0.4, 0.5) is 11.6 Å². The average molecular weight is 297 g/mol. The molecule has 3 heterocycles. The van der Waals surface area contributed by atoms with Crippen molar-refractivity contribution in [1.29, 1.82) is 0 Å². The van der Waals surface area contributed by atoms with Crippen LogP contribution in [0.15, 0.2) is 18.2 Å². The van der Waals surface area contributed by atoms with E-state index in [4.69, 9.17) is 4.98 Å². The van der Waals surface area contributed by atoms with Gasteiger partial charge in [-0.25, -0.2) is 9.97 Å². The number of rotatable bonds is 3. The van der Waals surface area contributed by atoms with E-state index in [1.165, 1.54) is 12.8 Å². The van der Waals surface area contributed by atoms with Crippen molar-refractivity contribution < 1.29 is 0 Å². The van der Waals surface area contributed by atoms with Crippen LogP contribution in [0.5, 0.6) is 0 Å². The topological polar surface area (TPSA) is 62.7 Å². The van der Waals surface area contributed by atoms with Crippen LogP contribution in [0.2, 0.25) is 0 Å². The fraction of sp³-hybridized carbons (Fsp3) is 0.471. The molecule has 5 heteroatoms. The lowest BCUT2D eigenvalue weighted by atomic mass is 9.95. The first-order valence-electron chi connectivity index (χ1n) is 7.89.